The monoisotopic (exact) mass is 275 g/mol. The number of amides is 1. The maximum atomic E-state index is 12.5. The van der Waals surface area contributed by atoms with Gasteiger partial charge in [0.1, 0.15) is 0 Å². The lowest BCUT2D eigenvalue weighted by Crippen LogP contribution is -2.46. The molecule has 2 rings (SSSR count). The Balaban J connectivity index is 2.09. The number of aliphatic hydroxyl groups is 1. The molecule has 0 radical (unpaired) electrons. The number of carbonyl (C=O) groups is 1. The van der Waals surface area contributed by atoms with Crippen molar-refractivity contribution in [3.05, 3.63) is 35.4 Å². The summed E-state index contributed by atoms with van der Waals surface area (Å²) < 4.78 is 0. The lowest BCUT2D eigenvalue weighted by atomic mass is 9.91. The maximum absolute atomic E-state index is 12.5. The normalized spacial score (nSPS) is 22.9. The molecule has 20 heavy (non-hydrogen) atoms. The standard InChI is InChI=1S/C17H25NO2/c1-12(2)13-8-10-14(11-9-13)17(20)18(3)15-6-4-5-7-16(15)19/h8-12,15-16,19H,4-7H2,1-3H3. The summed E-state index contributed by atoms with van der Waals surface area (Å²) in [6.07, 6.45) is 3.46. The molecule has 1 aliphatic rings. The largest absolute Gasteiger partial charge is 0.391 e. The third-order valence-corrected chi connectivity index (χ3v) is 4.34. The van der Waals surface area contributed by atoms with Crippen LogP contribution in [0, 0.1) is 0 Å². The zero-order valence-electron chi connectivity index (χ0n) is 12.7. The van der Waals surface area contributed by atoms with Crippen molar-refractivity contribution >= 4 is 5.91 Å². The third-order valence-electron chi connectivity index (χ3n) is 4.34. The van der Waals surface area contributed by atoms with Crippen LogP contribution in [-0.2, 0) is 0 Å². The van der Waals surface area contributed by atoms with Gasteiger partial charge in [-0.25, -0.2) is 0 Å². The van der Waals surface area contributed by atoms with E-state index in [4.69, 9.17) is 0 Å². The van der Waals surface area contributed by atoms with Crippen LogP contribution >= 0.6 is 0 Å². The van der Waals surface area contributed by atoms with Crippen LogP contribution < -0.4 is 0 Å². The fraction of sp³-hybridized carbons (Fsp3) is 0.588. The first kappa shape index (κ1) is 15.0. The van der Waals surface area contributed by atoms with Crippen molar-refractivity contribution in [3.63, 3.8) is 0 Å². The molecule has 1 saturated carbocycles. The van der Waals surface area contributed by atoms with E-state index in [1.54, 1.807) is 11.9 Å². The van der Waals surface area contributed by atoms with Crippen molar-refractivity contribution in [2.45, 2.75) is 57.6 Å². The van der Waals surface area contributed by atoms with Gasteiger partial charge < -0.3 is 10.0 Å². The van der Waals surface area contributed by atoms with Gasteiger partial charge in [-0.05, 0) is 36.5 Å². The van der Waals surface area contributed by atoms with Crippen molar-refractivity contribution < 1.29 is 9.90 Å². The number of aliphatic hydroxyl groups excluding tert-OH is 1. The predicted octanol–water partition coefficient (Wildman–Crippen LogP) is 3.19. The smallest absolute Gasteiger partial charge is 0.253 e. The summed E-state index contributed by atoms with van der Waals surface area (Å²) >= 11 is 0. The molecule has 1 N–H and O–H groups in total. The van der Waals surface area contributed by atoms with Crippen molar-refractivity contribution in [1.82, 2.24) is 4.90 Å². The van der Waals surface area contributed by atoms with E-state index in [9.17, 15) is 9.90 Å². The summed E-state index contributed by atoms with van der Waals surface area (Å²) in [6.45, 7) is 4.28. The third kappa shape index (κ3) is 3.21. The number of hydrogen-bond acceptors (Lipinski definition) is 2. The summed E-state index contributed by atoms with van der Waals surface area (Å²) in [4.78, 5) is 14.2. The summed E-state index contributed by atoms with van der Waals surface area (Å²) in [7, 11) is 1.80. The minimum atomic E-state index is -0.382. The van der Waals surface area contributed by atoms with Gasteiger partial charge in [0.25, 0.3) is 5.91 Å². The number of carbonyl (C=O) groups excluding carboxylic acids is 1. The van der Waals surface area contributed by atoms with Crippen LogP contribution in [0.3, 0.4) is 0 Å². The van der Waals surface area contributed by atoms with Gasteiger partial charge in [-0.1, -0.05) is 38.8 Å². The molecule has 110 valence electrons. The Hall–Kier alpha value is -1.35. The van der Waals surface area contributed by atoms with Crippen LogP contribution in [0.25, 0.3) is 0 Å². The van der Waals surface area contributed by atoms with Crippen molar-refractivity contribution in [1.29, 1.82) is 0 Å². The fourth-order valence-electron chi connectivity index (χ4n) is 2.91. The number of hydrogen-bond donors (Lipinski definition) is 1. The highest BCUT2D eigenvalue weighted by Gasteiger charge is 2.29. The Kier molecular flexibility index (Phi) is 4.81. The minimum absolute atomic E-state index is 0.00579. The first-order chi connectivity index (χ1) is 9.50. The van der Waals surface area contributed by atoms with Gasteiger partial charge in [0.15, 0.2) is 0 Å². The highest BCUT2D eigenvalue weighted by molar-refractivity contribution is 5.94. The average molecular weight is 275 g/mol. The molecule has 3 heteroatoms. The number of benzene rings is 1. The molecule has 1 amide bonds. The van der Waals surface area contributed by atoms with Gasteiger partial charge in [0, 0.05) is 12.6 Å². The first-order valence-corrected chi connectivity index (χ1v) is 7.56. The van der Waals surface area contributed by atoms with Crippen LogP contribution in [0.5, 0.6) is 0 Å². The van der Waals surface area contributed by atoms with Crippen LogP contribution in [0.4, 0.5) is 0 Å². The van der Waals surface area contributed by atoms with E-state index in [0.717, 1.165) is 25.7 Å². The zero-order chi connectivity index (χ0) is 14.7. The van der Waals surface area contributed by atoms with E-state index in [1.165, 1.54) is 5.56 Å². The van der Waals surface area contributed by atoms with E-state index >= 15 is 0 Å². The Morgan fingerprint density at radius 2 is 1.80 bits per heavy atom. The average Bonchev–Trinajstić information content (AvgIpc) is 2.46. The highest BCUT2D eigenvalue weighted by Crippen LogP contribution is 2.24. The zero-order valence-corrected chi connectivity index (χ0v) is 12.7. The van der Waals surface area contributed by atoms with Crippen molar-refractivity contribution in [2.24, 2.45) is 0 Å². The summed E-state index contributed by atoms with van der Waals surface area (Å²) in [5, 5.41) is 10.1. The van der Waals surface area contributed by atoms with Gasteiger partial charge in [-0.15, -0.1) is 0 Å². The molecular formula is C17H25NO2. The number of likely N-dealkylation sites (N-methyl/N-ethyl adjacent to an activating group) is 1. The van der Waals surface area contributed by atoms with Crippen molar-refractivity contribution in [3.8, 4) is 0 Å². The Morgan fingerprint density at radius 3 is 2.35 bits per heavy atom. The highest BCUT2D eigenvalue weighted by atomic mass is 16.3. The lowest BCUT2D eigenvalue weighted by molar-refractivity contribution is 0.0268. The topological polar surface area (TPSA) is 40.5 Å². The molecule has 2 unspecified atom stereocenters. The molecule has 0 aromatic heterocycles. The predicted molar refractivity (Wildman–Crippen MR) is 80.9 cm³/mol. The second-order valence-corrected chi connectivity index (χ2v) is 6.11. The molecule has 2 atom stereocenters. The summed E-state index contributed by atoms with van der Waals surface area (Å²) in [6, 6.07) is 7.78. The van der Waals surface area contributed by atoms with Crippen LogP contribution in [-0.4, -0.2) is 35.1 Å². The quantitative estimate of drug-likeness (QED) is 0.920. The number of rotatable bonds is 3. The van der Waals surface area contributed by atoms with Gasteiger partial charge in [-0.2, -0.15) is 0 Å². The SMILES string of the molecule is CC(C)c1ccc(C(=O)N(C)C2CCCCC2O)cc1. The van der Waals surface area contributed by atoms with Crippen molar-refractivity contribution in [2.75, 3.05) is 7.05 Å². The van der Waals surface area contributed by atoms with E-state index in [1.807, 2.05) is 24.3 Å². The molecule has 1 aromatic carbocycles. The van der Waals surface area contributed by atoms with Crippen LogP contribution in [0.15, 0.2) is 24.3 Å². The molecule has 0 spiro atoms. The second kappa shape index (κ2) is 6.40. The second-order valence-electron chi connectivity index (χ2n) is 6.11. The Bertz CT molecular complexity index is 453. The maximum Gasteiger partial charge on any atom is 0.253 e. The van der Waals surface area contributed by atoms with E-state index in [-0.39, 0.29) is 18.1 Å². The molecule has 3 nitrogen and oxygen atoms in total. The van der Waals surface area contributed by atoms with Gasteiger partial charge in [0.05, 0.1) is 12.1 Å². The number of nitrogens with zero attached hydrogens (tertiary/aromatic N) is 1. The van der Waals surface area contributed by atoms with E-state index < -0.39 is 0 Å². The van der Waals surface area contributed by atoms with Gasteiger partial charge in [-0.3, -0.25) is 4.79 Å². The van der Waals surface area contributed by atoms with E-state index in [0.29, 0.717) is 11.5 Å². The van der Waals surface area contributed by atoms with E-state index in [2.05, 4.69) is 13.8 Å². The molecule has 0 aliphatic heterocycles. The first-order valence-electron chi connectivity index (χ1n) is 7.56. The summed E-state index contributed by atoms with van der Waals surface area (Å²) in [5.74, 6) is 0.475. The molecule has 0 heterocycles. The lowest BCUT2D eigenvalue weighted by Gasteiger charge is -2.35. The van der Waals surface area contributed by atoms with Gasteiger partial charge in [0.2, 0.25) is 0 Å². The van der Waals surface area contributed by atoms with Crippen LogP contribution in [0.1, 0.15) is 61.4 Å². The minimum Gasteiger partial charge on any atom is -0.391 e. The Labute approximate surface area is 121 Å². The van der Waals surface area contributed by atoms with Crippen LogP contribution in [0.2, 0.25) is 0 Å². The van der Waals surface area contributed by atoms with Gasteiger partial charge >= 0.3 is 0 Å². The fourth-order valence-corrected chi connectivity index (χ4v) is 2.91. The molecule has 1 fully saturated rings. The molecule has 1 aromatic rings. The Morgan fingerprint density at radius 1 is 1.20 bits per heavy atom. The molecule has 0 saturated heterocycles. The molecular weight excluding hydrogens is 250 g/mol. The summed E-state index contributed by atoms with van der Waals surface area (Å²) in [5.41, 5.74) is 1.94. The molecule has 1 aliphatic carbocycles. The molecule has 0 bridgehead atoms.